The summed E-state index contributed by atoms with van der Waals surface area (Å²) in [5.41, 5.74) is 1.48. The molecule has 0 saturated heterocycles. The number of sulfonamides is 1. The first-order chi connectivity index (χ1) is 9.73. The molecule has 0 fully saturated rings. The molecule has 112 valence electrons. The summed E-state index contributed by atoms with van der Waals surface area (Å²) in [7, 11) is -2.45. The number of anilines is 1. The van der Waals surface area contributed by atoms with E-state index in [-0.39, 0.29) is 10.6 Å². The molecule has 0 unspecified atom stereocenters. The molecule has 0 aromatic heterocycles. The van der Waals surface area contributed by atoms with Gasteiger partial charge in [0, 0.05) is 11.5 Å². The molecule has 0 aliphatic heterocycles. The Kier molecular flexibility index (Phi) is 4.39. The quantitative estimate of drug-likeness (QED) is 0.816. The van der Waals surface area contributed by atoms with Crippen LogP contribution in [0.15, 0.2) is 45.8 Å². The predicted octanol–water partition coefficient (Wildman–Crippen LogP) is 4.03. The molecule has 0 bridgehead atoms. The highest BCUT2D eigenvalue weighted by Gasteiger charge is 2.25. The molecule has 0 spiro atoms. The van der Waals surface area contributed by atoms with Gasteiger partial charge in [0.25, 0.3) is 10.0 Å². The Labute approximate surface area is 132 Å². The molecule has 0 saturated carbocycles. The van der Waals surface area contributed by atoms with Crippen LogP contribution in [0.4, 0.5) is 10.1 Å². The minimum Gasteiger partial charge on any atom is -0.266 e. The lowest BCUT2D eigenvalue weighted by molar-refractivity contribution is 0.589. The van der Waals surface area contributed by atoms with Gasteiger partial charge in [-0.3, -0.25) is 4.31 Å². The van der Waals surface area contributed by atoms with E-state index < -0.39 is 15.8 Å². The smallest absolute Gasteiger partial charge is 0.264 e. The second kappa shape index (κ2) is 5.77. The van der Waals surface area contributed by atoms with Gasteiger partial charge in [-0.2, -0.15) is 0 Å². The van der Waals surface area contributed by atoms with E-state index in [2.05, 4.69) is 15.9 Å². The van der Waals surface area contributed by atoms with Crippen LogP contribution in [0.25, 0.3) is 0 Å². The maximum absolute atomic E-state index is 14.0. The average molecular weight is 372 g/mol. The van der Waals surface area contributed by atoms with Crippen molar-refractivity contribution in [3.63, 3.8) is 0 Å². The first kappa shape index (κ1) is 16.0. The van der Waals surface area contributed by atoms with Crippen LogP contribution < -0.4 is 4.31 Å². The first-order valence-corrected chi connectivity index (χ1v) is 8.48. The summed E-state index contributed by atoms with van der Waals surface area (Å²) in [6.07, 6.45) is 0. The second-order valence-electron chi connectivity index (χ2n) is 4.84. The molecule has 6 heteroatoms. The number of hydrogen-bond donors (Lipinski definition) is 0. The summed E-state index contributed by atoms with van der Waals surface area (Å²) in [6, 6.07) is 9.46. The van der Waals surface area contributed by atoms with Crippen molar-refractivity contribution in [2.24, 2.45) is 0 Å². The van der Waals surface area contributed by atoms with Crippen molar-refractivity contribution in [2.45, 2.75) is 18.7 Å². The Hall–Kier alpha value is -1.40. The van der Waals surface area contributed by atoms with Gasteiger partial charge in [0.15, 0.2) is 0 Å². The van der Waals surface area contributed by atoms with Crippen LogP contribution in [0.2, 0.25) is 0 Å². The Bertz CT molecular complexity index is 790. The van der Waals surface area contributed by atoms with Gasteiger partial charge in [-0.1, -0.05) is 28.1 Å². The Morgan fingerprint density at radius 3 is 2.38 bits per heavy atom. The van der Waals surface area contributed by atoms with Crippen molar-refractivity contribution in [1.29, 1.82) is 0 Å². The van der Waals surface area contributed by atoms with Crippen LogP contribution in [0.1, 0.15) is 11.1 Å². The molecule has 0 aliphatic rings. The van der Waals surface area contributed by atoms with E-state index in [1.54, 1.807) is 25.1 Å². The van der Waals surface area contributed by atoms with Gasteiger partial charge in [0.05, 0.1) is 10.6 Å². The van der Waals surface area contributed by atoms with Crippen LogP contribution >= 0.6 is 15.9 Å². The van der Waals surface area contributed by atoms with Gasteiger partial charge >= 0.3 is 0 Å². The third-order valence-electron chi connectivity index (χ3n) is 3.23. The van der Waals surface area contributed by atoms with E-state index in [1.807, 2.05) is 13.0 Å². The number of hydrogen-bond acceptors (Lipinski definition) is 2. The maximum Gasteiger partial charge on any atom is 0.264 e. The summed E-state index contributed by atoms with van der Waals surface area (Å²) in [5, 5.41) is 0. The summed E-state index contributed by atoms with van der Waals surface area (Å²) in [6.45, 7) is 3.54. The van der Waals surface area contributed by atoms with Crippen molar-refractivity contribution in [1.82, 2.24) is 0 Å². The lowest BCUT2D eigenvalue weighted by atomic mass is 10.2. The maximum atomic E-state index is 14.0. The van der Waals surface area contributed by atoms with Crippen LogP contribution in [0.5, 0.6) is 0 Å². The summed E-state index contributed by atoms with van der Waals surface area (Å²) < 4.78 is 40.9. The van der Waals surface area contributed by atoms with E-state index in [0.29, 0.717) is 10.0 Å². The number of nitrogens with zero attached hydrogens (tertiary/aromatic N) is 1. The highest BCUT2D eigenvalue weighted by molar-refractivity contribution is 9.10. The van der Waals surface area contributed by atoms with Crippen LogP contribution in [-0.4, -0.2) is 15.5 Å². The van der Waals surface area contributed by atoms with Crippen molar-refractivity contribution in [3.05, 3.63) is 57.8 Å². The highest BCUT2D eigenvalue weighted by Crippen LogP contribution is 2.28. The van der Waals surface area contributed by atoms with Gasteiger partial charge in [-0.05, 0) is 49.2 Å². The van der Waals surface area contributed by atoms with E-state index in [9.17, 15) is 12.8 Å². The molecular formula is C15H15BrFNO2S. The third-order valence-corrected chi connectivity index (χ3v) is 5.64. The van der Waals surface area contributed by atoms with Crippen molar-refractivity contribution in [3.8, 4) is 0 Å². The summed E-state index contributed by atoms with van der Waals surface area (Å²) >= 11 is 3.15. The number of halogens is 2. The average Bonchev–Trinajstić information content (AvgIpc) is 2.40. The molecule has 0 atom stereocenters. The Balaban J connectivity index is 2.55. The Morgan fingerprint density at radius 2 is 1.76 bits per heavy atom. The normalized spacial score (nSPS) is 11.5. The van der Waals surface area contributed by atoms with Crippen molar-refractivity contribution in [2.75, 3.05) is 11.4 Å². The third kappa shape index (κ3) is 3.11. The first-order valence-electron chi connectivity index (χ1n) is 6.24. The molecule has 0 heterocycles. The zero-order valence-corrected chi connectivity index (χ0v) is 14.3. The van der Waals surface area contributed by atoms with E-state index in [1.165, 1.54) is 19.2 Å². The number of aryl methyl sites for hydroxylation is 2. The molecule has 3 nitrogen and oxygen atoms in total. The number of benzene rings is 2. The zero-order chi connectivity index (χ0) is 15.8. The standard InChI is InChI=1S/C15H15BrFNO2S/c1-10-4-5-11(2)15(8-10)21(19,20)18(3)14-7-6-12(16)9-13(14)17/h4-9H,1-3H3. The SMILES string of the molecule is Cc1ccc(C)c(S(=O)(=O)N(C)c2ccc(Br)cc2F)c1. The molecule has 2 aromatic carbocycles. The zero-order valence-electron chi connectivity index (χ0n) is 11.9. The molecule has 21 heavy (non-hydrogen) atoms. The second-order valence-corrected chi connectivity index (χ2v) is 7.69. The largest absolute Gasteiger partial charge is 0.266 e. The van der Waals surface area contributed by atoms with Gasteiger partial charge in [0.2, 0.25) is 0 Å². The fourth-order valence-electron chi connectivity index (χ4n) is 2.00. The van der Waals surface area contributed by atoms with Gasteiger partial charge in [-0.15, -0.1) is 0 Å². The molecule has 0 radical (unpaired) electrons. The van der Waals surface area contributed by atoms with Crippen LogP contribution in [-0.2, 0) is 10.0 Å². The van der Waals surface area contributed by atoms with Gasteiger partial charge in [-0.25, -0.2) is 12.8 Å². The topological polar surface area (TPSA) is 37.4 Å². The molecular weight excluding hydrogens is 357 g/mol. The lowest BCUT2D eigenvalue weighted by Crippen LogP contribution is -2.28. The fraction of sp³-hybridized carbons (Fsp3) is 0.200. The minimum atomic E-state index is -3.80. The molecule has 0 aliphatic carbocycles. The van der Waals surface area contributed by atoms with Crippen LogP contribution in [0.3, 0.4) is 0 Å². The predicted molar refractivity (Wildman–Crippen MR) is 85.6 cm³/mol. The Morgan fingerprint density at radius 1 is 1.10 bits per heavy atom. The van der Waals surface area contributed by atoms with Crippen molar-refractivity contribution < 1.29 is 12.8 Å². The van der Waals surface area contributed by atoms with E-state index >= 15 is 0 Å². The van der Waals surface area contributed by atoms with E-state index in [4.69, 9.17) is 0 Å². The van der Waals surface area contributed by atoms with Gasteiger partial charge in [0.1, 0.15) is 5.82 Å². The van der Waals surface area contributed by atoms with E-state index in [0.717, 1.165) is 9.87 Å². The molecule has 0 N–H and O–H groups in total. The van der Waals surface area contributed by atoms with Gasteiger partial charge < -0.3 is 0 Å². The van der Waals surface area contributed by atoms with Crippen LogP contribution in [0, 0.1) is 19.7 Å². The number of rotatable bonds is 3. The summed E-state index contributed by atoms with van der Waals surface area (Å²) in [5.74, 6) is -0.597. The monoisotopic (exact) mass is 371 g/mol. The minimum absolute atomic E-state index is 0.0131. The molecule has 0 amide bonds. The highest BCUT2D eigenvalue weighted by atomic mass is 79.9. The fourth-order valence-corrected chi connectivity index (χ4v) is 3.84. The molecule has 2 aromatic rings. The lowest BCUT2D eigenvalue weighted by Gasteiger charge is -2.21. The summed E-state index contributed by atoms with van der Waals surface area (Å²) in [4.78, 5) is 0.187. The van der Waals surface area contributed by atoms with Crippen molar-refractivity contribution >= 4 is 31.6 Å². The molecule has 2 rings (SSSR count).